The van der Waals surface area contributed by atoms with Crippen LogP contribution in [-0.4, -0.2) is 11.1 Å². The zero-order valence-corrected chi connectivity index (χ0v) is 7.48. The van der Waals surface area contributed by atoms with Gasteiger partial charge < -0.3 is 11.5 Å². The number of rotatable bonds is 2. The lowest BCUT2D eigenvalue weighted by molar-refractivity contribution is 0.193. The molecule has 0 spiro atoms. The quantitative estimate of drug-likeness (QED) is 0.623. The molecule has 0 atom stereocenters. The fourth-order valence-corrected chi connectivity index (χ4v) is 2.02. The molecule has 11 heavy (non-hydrogen) atoms. The summed E-state index contributed by atoms with van der Waals surface area (Å²) in [5.74, 6) is 0. The Hall–Kier alpha value is -0.0800. The van der Waals surface area contributed by atoms with Crippen LogP contribution in [0.15, 0.2) is 0 Å². The van der Waals surface area contributed by atoms with Gasteiger partial charge in [0.05, 0.1) is 0 Å². The van der Waals surface area contributed by atoms with Crippen LogP contribution in [0.25, 0.3) is 0 Å². The molecule has 4 N–H and O–H groups in total. The van der Waals surface area contributed by atoms with Crippen LogP contribution in [-0.2, 0) is 0 Å². The van der Waals surface area contributed by atoms with Crippen molar-refractivity contribution in [3.05, 3.63) is 0 Å². The van der Waals surface area contributed by atoms with E-state index in [1.165, 1.54) is 25.7 Å². The fraction of sp³-hybridized carbons (Fsp3) is 1.00. The first kappa shape index (κ1) is 7.56. The fourth-order valence-electron chi connectivity index (χ4n) is 2.02. The van der Waals surface area contributed by atoms with Crippen molar-refractivity contribution < 1.29 is 0 Å². The summed E-state index contributed by atoms with van der Waals surface area (Å²) < 4.78 is 0. The highest BCUT2D eigenvalue weighted by Gasteiger charge is 2.63. The molecular weight excluding hydrogens is 136 g/mol. The third-order valence-corrected chi connectivity index (χ3v) is 4.07. The Balaban J connectivity index is 2.21. The average Bonchev–Trinajstić information content (AvgIpc) is 2.72. The molecule has 0 bridgehead atoms. The molecule has 0 amide bonds. The molecule has 2 nitrogen and oxygen atoms in total. The maximum Gasteiger partial charge on any atom is 0.0225 e. The highest BCUT2D eigenvalue weighted by molar-refractivity contribution is 5.22. The molecule has 2 saturated carbocycles. The van der Waals surface area contributed by atoms with Crippen LogP contribution >= 0.6 is 0 Å². The molecule has 64 valence electrons. The largest absolute Gasteiger partial charge is 0.325 e. The molecule has 2 aliphatic carbocycles. The molecule has 0 saturated heterocycles. The Morgan fingerprint density at radius 1 is 0.909 bits per heavy atom. The van der Waals surface area contributed by atoms with Crippen molar-refractivity contribution in [2.24, 2.45) is 16.9 Å². The number of hydrogen-bond donors (Lipinski definition) is 2. The first-order valence-corrected chi connectivity index (χ1v) is 4.49. The summed E-state index contributed by atoms with van der Waals surface area (Å²) in [5, 5.41) is 0. The van der Waals surface area contributed by atoms with E-state index in [0.717, 1.165) is 0 Å². The molecule has 0 radical (unpaired) electrons. The normalized spacial score (nSPS) is 31.6. The third kappa shape index (κ3) is 0.798. The Labute approximate surface area is 68.3 Å². The van der Waals surface area contributed by atoms with E-state index < -0.39 is 0 Å². The van der Waals surface area contributed by atoms with Crippen LogP contribution in [0.4, 0.5) is 0 Å². The van der Waals surface area contributed by atoms with Gasteiger partial charge in [-0.3, -0.25) is 0 Å². The van der Waals surface area contributed by atoms with Crippen molar-refractivity contribution in [1.82, 2.24) is 0 Å². The molecular formula is C9H18N2. The van der Waals surface area contributed by atoms with Gasteiger partial charge in [-0.15, -0.1) is 0 Å². The van der Waals surface area contributed by atoms with E-state index in [9.17, 15) is 0 Å². The summed E-state index contributed by atoms with van der Waals surface area (Å²) in [5.41, 5.74) is 12.6. The third-order valence-electron chi connectivity index (χ3n) is 4.07. The number of nitrogens with two attached hydrogens (primary N) is 2. The summed E-state index contributed by atoms with van der Waals surface area (Å²) >= 11 is 0. The minimum atomic E-state index is 0.0677. The summed E-state index contributed by atoms with van der Waals surface area (Å²) in [6.45, 7) is 4.46. The molecule has 2 fully saturated rings. The van der Waals surface area contributed by atoms with Gasteiger partial charge in [-0.25, -0.2) is 0 Å². The van der Waals surface area contributed by atoms with Crippen LogP contribution in [0.5, 0.6) is 0 Å². The van der Waals surface area contributed by atoms with Crippen LogP contribution < -0.4 is 11.5 Å². The van der Waals surface area contributed by atoms with Gasteiger partial charge in [0, 0.05) is 16.5 Å². The van der Waals surface area contributed by atoms with E-state index in [0.29, 0.717) is 0 Å². The molecule has 0 aromatic carbocycles. The van der Waals surface area contributed by atoms with Gasteiger partial charge in [-0.2, -0.15) is 0 Å². The zero-order chi connectivity index (χ0) is 8.33. The average molecular weight is 154 g/mol. The second kappa shape index (κ2) is 1.64. The maximum atomic E-state index is 6.17. The van der Waals surface area contributed by atoms with Crippen LogP contribution in [0.3, 0.4) is 0 Å². The molecule has 2 aliphatic rings. The van der Waals surface area contributed by atoms with Crippen molar-refractivity contribution in [3.8, 4) is 0 Å². The van der Waals surface area contributed by atoms with Crippen molar-refractivity contribution in [2.75, 3.05) is 0 Å². The van der Waals surface area contributed by atoms with Crippen molar-refractivity contribution >= 4 is 0 Å². The number of hydrogen-bond acceptors (Lipinski definition) is 2. The first-order chi connectivity index (χ1) is 4.91. The molecule has 0 heterocycles. The van der Waals surface area contributed by atoms with Gasteiger partial charge in [-0.05, 0) is 25.7 Å². The molecule has 2 rings (SSSR count). The summed E-state index contributed by atoms with van der Waals surface area (Å²) in [6, 6.07) is 0. The summed E-state index contributed by atoms with van der Waals surface area (Å²) in [6.07, 6.45) is 4.66. The van der Waals surface area contributed by atoms with Gasteiger partial charge in [-0.1, -0.05) is 13.8 Å². The van der Waals surface area contributed by atoms with Gasteiger partial charge in [0.1, 0.15) is 0 Å². The Kier molecular flexibility index (Phi) is 1.13. The van der Waals surface area contributed by atoms with E-state index in [1.54, 1.807) is 0 Å². The van der Waals surface area contributed by atoms with Crippen LogP contribution in [0.2, 0.25) is 0 Å². The van der Waals surface area contributed by atoms with E-state index in [2.05, 4.69) is 13.8 Å². The van der Waals surface area contributed by atoms with Gasteiger partial charge >= 0.3 is 0 Å². The molecule has 2 heteroatoms. The molecule has 0 aromatic heterocycles. The highest BCUT2D eigenvalue weighted by Crippen LogP contribution is 2.59. The lowest BCUT2D eigenvalue weighted by Crippen LogP contribution is -2.53. The predicted molar refractivity (Wildman–Crippen MR) is 46.1 cm³/mol. The standard InChI is InChI=1S/C9H18N2/c1-7(2,8(10)3-4-8)9(11)5-6-9/h3-6,10-11H2,1-2H3. The van der Waals surface area contributed by atoms with E-state index in [-0.39, 0.29) is 16.5 Å². The van der Waals surface area contributed by atoms with Crippen molar-refractivity contribution in [2.45, 2.75) is 50.6 Å². The van der Waals surface area contributed by atoms with Gasteiger partial charge in [0.2, 0.25) is 0 Å². The van der Waals surface area contributed by atoms with Crippen LogP contribution in [0, 0.1) is 5.41 Å². The van der Waals surface area contributed by atoms with E-state index in [4.69, 9.17) is 11.5 Å². The smallest absolute Gasteiger partial charge is 0.0225 e. The monoisotopic (exact) mass is 154 g/mol. The Bertz CT molecular complexity index is 168. The van der Waals surface area contributed by atoms with Crippen LogP contribution in [0.1, 0.15) is 39.5 Å². The molecule has 0 aliphatic heterocycles. The zero-order valence-electron chi connectivity index (χ0n) is 7.48. The summed E-state index contributed by atoms with van der Waals surface area (Å²) in [4.78, 5) is 0. The first-order valence-electron chi connectivity index (χ1n) is 4.49. The van der Waals surface area contributed by atoms with E-state index in [1.807, 2.05) is 0 Å². The Morgan fingerprint density at radius 3 is 1.36 bits per heavy atom. The van der Waals surface area contributed by atoms with Crippen molar-refractivity contribution in [1.29, 1.82) is 0 Å². The lowest BCUT2D eigenvalue weighted by Gasteiger charge is -2.38. The SMILES string of the molecule is CC(C)(C1(N)CC1)C1(N)CC1. The molecule has 0 unspecified atom stereocenters. The predicted octanol–water partition coefficient (Wildman–Crippen LogP) is 0.995. The maximum absolute atomic E-state index is 6.17. The Morgan fingerprint density at radius 2 is 1.18 bits per heavy atom. The van der Waals surface area contributed by atoms with Gasteiger partial charge in [0.15, 0.2) is 0 Å². The lowest BCUT2D eigenvalue weighted by atomic mass is 9.74. The van der Waals surface area contributed by atoms with Gasteiger partial charge in [0.25, 0.3) is 0 Å². The minimum absolute atomic E-state index is 0.0677. The minimum Gasteiger partial charge on any atom is -0.325 e. The topological polar surface area (TPSA) is 52.0 Å². The highest BCUT2D eigenvalue weighted by atomic mass is 15.0. The van der Waals surface area contributed by atoms with E-state index >= 15 is 0 Å². The second-order valence-electron chi connectivity index (χ2n) is 4.94. The summed E-state index contributed by atoms with van der Waals surface area (Å²) in [7, 11) is 0. The molecule has 0 aromatic rings. The second-order valence-corrected chi connectivity index (χ2v) is 4.94. The van der Waals surface area contributed by atoms with Crippen molar-refractivity contribution in [3.63, 3.8) is 0 Å².